The number of rotatable bonds is 2. The van der Waals surface area contributed by atoms with Crippen LogP contribution in [0.5, 0.6) is 0 Å². The van der Waals surface area contributed by atoms with Crippen LogP contribution < -0.4 is 10.2 Å². The lowest BCUT2D eigenvalue weighted by molar-refractivity contribution is 0.570. The summed E-state index contributed by atoms with van der Waals surface area (Å²) in [7, 11) is 0. The van der Waals surface area contributed by atoms with Crippen molar-refractivity contribution < 1.29 is 0 Å². The van der Waals surface area contributed by atoms with Gasteiger partial charge in [-0.15, -0.1) is 11.3 Å². The Morgan fingerprint density at radius 1 is 1.29 bits per heavy atom. The van der Waals surface area contributed by atoms with Gasteiger partial charge < -0.3 is 10.2 Å². The van der Waals surface area contributed by atoms with E-state index in [1.165, 1.54) is 22.0 Å². The molecule has 0 spiro atoms. The molecule has 0 radical (unpaired) electrons. The lowest BCUT2D eigenvalue weighted by Gasteiger charge is -2.23. The molecule has 0 bridgehead atoms. The largest absolute Gasteiger partial charge is 0.363 e. The highest BCUT2D eigenvalue weighted by Gasteiger charge is 2.20. The molecule has 21 heavy (non-hydrogen) atoms. The molecule has 0 amide bonds. The third-order valence-electron chi connectivity index (χ3n) is 3.85. The molecule has 0 saturated heterocycles. The average Bonchev–Trinajstić information content (AvgIpc) is 2.82. The second-order valence-electron chi connectivity index (χ2n) is 6.60. The first-order chi connectivity index (χ1) is 10.0. The minimum atomic E-state index is 0.132. The summed E-state index contributed by atoms with van der Waals surface area (Å²) in [6.07, 6.45) is 0. The van der Waals surface area contributed by atoms with Crippen molar-refractivity contribution in [3.63, 3.8) is 0 Å². The summed E-state index contributed by atoms with van der Waals surface area (Å²) in [5.41, 5.74) is 4.05. The fourth-order valence-electron chi connectivity index (χ4n) is 2.58. The smallest absolute Gasteiger partial charge is 0.112 e. The number of nitrogens with zero attached hydrogens (tertiary/aromatic N) is 2. The first-order valence-electron chi connectivity index (χ1n) is 7.52. The van der Waals surface area contributed by atoms with Gasteiger partial charge in [-0.3, -0.25) is 0 Å². The van der Waals surface area contributed by atoms with Crippen molar-refractivity contribution in [1.82, 2.24) is 10.3 Å². The molecule has 4 heteroatoms. The van der Waals surface area contributed by atoms with Gasteiger partial charge >= 0.3 is 0 Å². The maximum absolute atomic E-state index is 4.84. The summed E-state index contributed by atoms with van der Waals surface area (Å²) < 4.78 is 0. The number of fused-ring (bicyclic) bond motifs is 1. The number of hydrogen-bond acceptors (Lipinski definition) is 4. The van der Waals surface area contributed by atoms with Crippen LogP contribution in [-0.2, 0) is 18.5 Å². The van der Waals surface area contributed by atoms with Crippen molar-refractivity contribution >= 4 is 17.0 Å². The molecule has 1 N–H and O–H groups in total. The maximum Gasteiger partial charge on any atom is 0.112 e. The summed E-state index contributed by atoms with van der Waals surface area (Å²) in [4.78, 5) is 7.28. The Hall–Kier alpha value is -1.39. The van der Waals surface area contributed by atoms with E-state index >= 15 is 0 Å². The van der Waals surface area contributed by atoms with Gasteiger partial charge in [-0.05, 0) is 11.6 Å². The van der Waals surface area contributed by atoms with E-state index in [9.17, 15) is 0 Å². The van der Waals surface area contributed by atoms with E-state index < -0.39 is 0 Å². The molecule has 0 aliphatic carbocycles. The quantitative estimate of drug-likeness (QED) is 0.919. The van der Waals surface area contributed by atoms with Gasteiger partial charge in [0.2, 0.25) is 0 Å². The topological polar surface area (TPSA) is 28.2 Å². The summed E-state index contributed by atoms with van der Waals surface area (Å²) in [6.45, 7) is 10.6. The van der Waals surface area contributed by atoms with Gasteiger partial charge in [0.15, 0.2) is 0 Å². The molecule has 0 fully saturated rings. The van der Waals surface area contributed by atoms with E-state index in [4.69, 9.17) is 4.98 Å². The number of para-hydroxylation sites is 1. The Labute approximate surface area is 131 Å². The highest BCUT2D eigenvalue weighted by molar-refractivity contribution is 7.09. The van der Waals surface area contributed by atoms with E-state index in [1.807, 2.05) is 0 Å². The minimum absolute atomic E-state index is 0.132. The number of benzene rings is 1. The Morgan fingerprint density at radius 2 is 2.10 bits per heavy atom. The average molecular weight is 301 g/mol. The zero-order valence-corrected chi connectivity index (χ0v) is 13.8. The molecule has 2 heterocycles. The van der Waals surface area contributed by atoms with Crippen LogP contribution in [0.25, 0.3) is 0 Å². The van der Waals surface area contributed by atoms with Crippen molar-refractivity contribution in [2.75, 3.05) is 18.0 Å². The van der Waals surface area contributed by atoms with Crippen LogP contribution in [0.1, 0.15) is 37.0 Å². The van der Waals surface area contributed by atoms with Gasteiger partial charge in [0.1, 0.15) is 5.01 Å². The standard InChI is InChI=1S/C17H23N3S/c1-17(2,3)15-12-21-16(19-15)11-20-9-8-18-10-13-6-4-5-7-14(13)20/h4-7,12,18H,8-11H2,1-3H3. The third kappa shape index (κ3) is 3.27. The van der Waals surface area contributed by atoms with Gasteiger partial charge in [0.05, 0.1) is 12.2 Å². The van der Waals surface area contributed by atoms with Crippen molar-refractivity contribution in [2.24, 2.45) is 0 Å². The highest BCUT2D eigenvalue weighted by atomic mass is 32.1. The van der Waals surface area contributed by atoms with E-state index in [2.05, 4.69) is 60.6 Å². The molecule has 112 valence electrons. The minimum Gasteiger partial charge on any atom is -0.363 e. The van der Waals surface area contributed by atoms with Gasteiger partial charge in [0, 0.05) is 36.1 Å². The number of aromatic nitrogens is 1. The van der Waals surface area contributed by atoms with E-state index in [1.54, 1.807) is 11.3 Å². The molecule has 1 aliphatic rings. The normalized spacial score (nSPS) is 15.7. The molecule has 3 nitrogen and oxygen atoms in total. The molecule has 2 aromatic rings. The third-order valence-corrected chi connectivity index (χ3v) is 4.69. The predicted octanol–water partition coefficient (Wildman–Crippen LogP) is 3.55. The first-order valence-corrected chi connectivity index (χ1v) is 8.40. The Balaban J connectivity index is 1.83. The van der Waals surface area contributed by atoms with Crippen LogP contribution in [0.3, 0.4) is 0 Å². The summed E-state index contributed by atoms with van der Waals surface area (Å²) in [5.74, 6) is 0. The fourth-order valence-corrected chi connectivity index (χ4v) is 3.62. The van der Waals surface area contributed by atoms with Gasteiger partial charge in [-0.25, -0.2) is 4.98 Å². The Kier molecular flexibility index (Phi) is 4.00. The van der Waals surface area contributed by atoms with Crippen molar-refractivity contribution in [2.45, 2.75) is 39.3 Å². The van der Waals surface area contributed by atoms with Crippen molar-refractivity contribution in [1.29, 1.82) is 0 Å². The second kappa shape index (κ2) is 5.78. The Bertz CT molecular complexity index is 612. The van der Waals surface area contributed by atoms with E-state index in [-0.39, 0.29) is 5.41 Å². The monoisotopic (exact) mass is 301 g/mol. The highest BCUT2D eigenvalue weighted by Crippen LogP contribution is 2.27. The summed E-state index contributed by atoms with van der Waals surface area (Å²) in [6, 6.07) is 8.67. The summed E-state index contributed by atoms with van der Waals surface area (Å²) >= 11 is 1.78. The SMILES string of the molecule is CC(C)(C)c1csc(CN2CCNCc3ccccc32)n1. The number of thiazole rings is 1. The molecule has 0 saturated carbocycles. The lowest BCUT2D eigenvalue weighted by Crippen LogP contribution is -2.28. The van der Waals surface area contributed by atoms with E-state index in [0.717, 1.165) is 26.2 Å². The molecule has 1 aliphatic heterocycles. The zero-order valence-electron chi connectivity index (χ0n) is 13.0. The van der Waals surface area contributed by atoms with Crippen LogP contribution in [0.4, 0.5) is 5.69 Å². The molecule has 0 unspecified atom stereocenters. The number of hydrogen-bond donors (Lipinski definition) is 1. The molecule has 3 rings (SSSR count). The molecule has 1 aromatic carbocycles. The molecular weight excluding hydrogens is 278 g/mol. The van der Waals surface area contributed by atoms with Crippen LogP contribution in [0.15, 0.2) is 29.6 Å². The lowest BCUT2D eigenvalue weighted by atomic mass is 9.93. The van der Waals surface area contributed by atoms with Crippen molar-refractivity contribution in [3.8, 4) is 0 Å². The van der Waals surface area contributed by atoms with E-state index in [0.29, 0.717) is 0 Å². The first kappa shape index (κ1) is 14.5. The molecule has 0 atom stereocenters. The summed E-state index contributed by atoms with van der Waals surface area (Å²) in [5, 5.41) is 6.90. The van der Waals surface area contributed by atoms with Crippen LogP contribution in [0, 0.1) is 0 Å². The van der Waals surface area contributed by atoms with Gasteiger partial charge in [-0.2, -0.15) is 0 Å². The fraction of sp³-hybridized carbons (Fsp3) is 0.471. The maximum atomic E-state index is 4.84. The number of anilines is 1. The zero-order chi connectivity index (χ0) is 14.9. The van der Waals surface area contributed by atoms with Crippen LogP contribution in [0.2, 0.25) is 0 Å². The number of nitrogens with one attached hydrogen (secondary N) is 1. The van der Waals surface area contributed by atoms with Crippen molar-refractivity contribution in [3.05, 3.63) is 45.9 Å². The van der Waals surface area contributed by atoms with Gasteiger partial charge in [0.25, 0.3) is 0 Å². The molecular formula is C17H23N3S. The van der Waals surface area contributed by atoms with Gasteiger partial charge in [-0.1, -0.05) is 39.0 Å². The molecule has 1 aromatic heterocycles. The van der Waals surface area contributed by atoms with Crippen LogP contribution >= 0.6 is 11.3 Å². The predicted molar refractivity (Wildman–Crippen MR) is 90.0 cm³/mol. The Morgan fingerprint density at radius 3 is 2.86 bits per heavy atom. The van der Waals surface area contributed by atoms with Crippen LogP contribution in [-0.4, -0.2) is 18.1 Å². The second-order valence-corrected chi connectivity index (χ2v) is 7.55.